The Morgan fingerprint density at radius 1 is 1.28 bits per heavy atom. The third-order valence-corrected chi connectivity index (χ3v) is 4.76. The molecule has 1 atom stereocenters. The van der Waals surface area contributed by atoms with Gasteiger partial charge in [-0.15, -0.1) is 0 Å². The van der Waals surface area contributed by atoms with Crippen molar-refractivity contribution in [2.45, 2.75) is 58.9 Å². The molecular weight excluding hydrogens is 314 g/mol. The van der Waals surface area contributed by atoms with Gasteiger partial charge in [0, 0.05) is 12.0 Å². The van der Waals surface area contributed by atoms with E-state index < -0.39 is 0 Å². The van der Waals surface area contributed by atoms with Gasteiger partial charge < -0.3 is 0 Å². The van der Waals surface area contributed by atoms with Crippen molar-refractivity contribution < 1.29 is 0 Å². The zero-order chi connectivity index (χ0) is 18.1. The summed E-state index contributed by atoms with van der Waals surface area (Å²) in [6.45, 7) is 11.7. The number of rotatable bonds is 6. The van der Waals surface area contributed by atoms with E-state index in [-0.39, 0.29) is 6.04 Å². The highest BCUT2D eigenvalue weighted by atomic mass is 15.4. The van der Waals surface area contributed by atoms with Crippen LogP contribution < -0.4 is 10.9 Å². The van der Waals surface area contributed by atoms with Crippen molar-refractivity contribution in [2.75, 3.05) is 5.01 Å². The predicted molar refractivity (Wildman–Crippen MR) is 100 cm³/mol. The minimum atomic E-state index is 0.124. The average Bonchev–Trinajstić information content (AvgIpc) is 3.44. The molecule has 2 aromatic rings. The molecule has 0 aliphatic heterocycles. The van der Waals surface area contributed by atoms with Crippen LogP contribution in [0.3, 0.4) is 0 Å². The van der Waals surface area contributed by atoms with Crippen LogP contribution in [0, 0.1) is 13.8 Å². The first-order chi connectivity index (χ1) is 12.0. The standard InChI is InChI=1S/C18H25N7/c1-6-10(2)25(19)18-15(20-5)12(4)23-17(24-18)14-11(3)21-9-22-16(14)13-7-8-13/h9-10,13H,5-8,19H2,1-4H3. The van der Waals surface area contributed by atoms with Gasteiger partial charge in [-0.2, -0.15) is 0 Å². The summed E-state index contributed by atoms with van der Waals surface area (Å²) in [5.74, 6) is 7.99. The molecule has 1 aliphatic rings. The summed E-state index contributed by atoms with van der Waals surface area (Å²) in [7, 11) is 0. The first-order valence-electron chi connectivity index (χ1n) is 8.69. The van der Waals surface area contributed by atoms with E-state index in [0.29, 0.717) is 23.2 Å². The smallest absolute Gasteiger partial charge is 0.173 e. The molecule has 0 radical (unpaired) electrons. The van der Waals surface area contributed by atoms with Crippen LogP contribution >= 0.6 is 0 Å². The van der Waals surface area contributed by atoms with Gasteiger partial charge in [0.1, 0.15) is 12.0 Å². The lowest BCUT2D eigenvalue weighted by atomic mass is 10.1. The van der Waals surface area contributed by atoms with E-state index in [4.69, 9.17) is 10.8 Å². The molecule has 7 heteroatoms. The first kappa shape index (κ1) is 17.4. The van der Waals surface area contributed by atoms with Crippen LogP contribution in [0.25, 0.3) is 11.4 Å². The van der Waals surface area contributed by atoms with E-state index in [1.165, 1.54) is 0 Å². The van der Waals surface area contributed by atoms with E-state index in [2.05, 4.69) is 40.5 Å². The number of nitrogens with two attached hydrogens (primary N) is 1. The number of hydrazine groups is 1. The Kier molecular flexibility index (Phi) is 4.76. The molecule has 2 aromatic heterocycles. The van der Waals surface area contributed by atoms with Crippen LogP contribution in [-0.4, -0.2) is 32.7 Å². The normalized spacial score (nSPS) is 15.1. The SMILES string of the molecule is C=Nc1c(C)nc(-c2c(C)ncnc2C2CC2)nc1N(N)C(C)CC. The minimum absolute atomic E-state index is 0.124. The summed E-state index contributed by atoms with van der Waals surface area (Å²) in [6, 6.07) is 0.124. The minimum Gasteiger partial charge on any atom is -0.290 e. The average molecular weight is 339 g/mol. The summed E-state index contributed by atoms with van der Waals surface area (Å²) in [6.07, 6.45) is 4.82. The fourth-order valence-corrected chi connectivity index (χ4v) is 2.87. The highest BCUT2D eigenvalue weighted by molar-refractivity contribution is 5.72. The zero-order valence-electron chi connectivity index (χ0n) is 15.3. The Labute approximate surface area is 148 Å². The maximum Gasteiger partial charge on any atom is 0.173 e. The zero-order valence-corrected chi connectivity index (χ0v) is 15.3. The van der Waals surface area contributed by atoms with Crippen molar-refractivity contribution in [3.05, 3.63) is 23.4 Å². The molecule has 0 aromatic carbocycles. The number of aliphatic imine (C=N–C) groups is 1. The van der Waals surface area contributed by atoms with Gasteiger partial charge in [-0.3, -0.25) is 10.0 Å². The topological polar surface area (TPSA) is 93.2 Å². The molecule has 0 amide bonds. The highest BCUT2D eigenvalue weighted by Crippen LogP contribution is 2.44. The van der Waals surface area contributed by atoms with Gasteiger partial charge in [-0.05, 0) is 46.8 Å². The molecule has 1 aliphatic carbocycles. The maximum absolute atomic E-state index is 6.31. The number of aromatic nitrogens is 4. The number of anilines is 1. The molecule has 3 rings (SSSR count). The fraction of sp³-hybridized carbons (Fsp3) is 0.500. The van der Waals surface area contributed by atoms with Crippen LogP contribution in [0.1, 0.15) is 56.1 Å². The van der Waals surface area contributed by atoms with E-state index in [1.807, 2.05) is 13.8 Å². The van der Waals surface area contributed by atoms with Crippen molar-refractivity contribution in [3.8, 4) is 11.4 Å². The van der Waals surface area contributed by atoms with Gasteiger partial charge >= 0.3 is 0 Å². The molecule has 0 spiro atoms. The number of nitrogens with zero attached hydrogens (tertiary/aromatic N) is 6. The van der Waals surface area contributed by atoms with Crippen molar-refractivity contribution >= 4 is 18.2 Å². The molecule has 0 saturated heterocycles. The predicted octanol–water partition coefficient (Wildman–Crippen LogP) is 3.24. The quantitative estimate of drug-likeness (QED) is 0.493. The Morgan fingerprint density at radius 3 is 2.60 bits per heavy atom. The molecule has 1 saturated carbocycles. The van der Waals surface area contributed by atoms with E-state index >= 15 is 0 Å². The largest absolute Gasteiger partial charge is 0.290 e. The second kappa shape index (κ2) is 6.84. The van der Waals surface area contributed by atoms with Crippen LogP contribution in [0.2, 0.25) is 0 Å². The molecule has 0 bridgehead atoms. The summed E-state index contributed by atoms with van der Waals surface area (Å²) in [5.41, 5.74) is 4.20. The van der Waals surface area contributed by atoms with Crippen molar-refractivity contribution in [1.82, 2.24) is 19.9 Å². The summed E-state index contributed by atoms with van der Waals surface area (Å²) >= 11 is 0. The van der Waals surface area contributed by atoms with Crippen molar-refractivity contribution in [1.29, 1.82) is 0 Å². The molecule has 7 nitrogen and oxygen atoms in total. The lowest BCUT2D eigenvalue weighted by Crippen LogP contribution is -2.40. The second-order valence-electron chi connectivity index (χ2n) is 6.62. The monoisotopic (exact) mass is 339 g/mol. The van der Waals surface area contributed by atoms with Gasteiger partial charge in [0.25, 0.3) is 0 Å². The third-order valence-electron chi connectivity index (χ3n) is 4.76. The van der Waals surface area contributed by atoms with Gasteiger partial charge in [0.2, 0.25) is 0 Å². The molecule has 1 unspecified atom stereocenters. The first-order valence-corrected chi connectivity index (χ1v) is 8.69. The summed E-state index contributed by atoms with van der Waals surface area (Å²) in [4.78, 5) is 22.4. The summed E-state index contributed by atoms with van der Waals surface area (Å²) in [5, 5.41) is 1.65. The van der Waals surface area contributed by atoms with Crippen LogP contribution in [0.5, 0.6) is 0 Å². The molecule has 2 N–H and O–H groups in total. The molecule has 2 heterocycles. The third kappa shape index (κ3) is 3.24. The van der Waals surface area contributed by atoms with Gasteiger partial charge in [-0.25, -0.2) is 25.8 Å². The molecule has 132 valence electrons. The Bertz CT molecular complexity index is 798. The maximum atomic E-state index is 6.31. The molecular formula is C18H25N7. The van der Waals surface area contributed by atoms with Gasteiger partial charge in [0.15, 0.2) is 11.6 Å². The Morgan fingerprint density at radius 2 is 2.00 bits per heavy atom. The molecule has 1 fully saturated rings. The lowest BCUT2D eigenvalue weighted by molar-refractivity contribution is 0.626. The van der Waals surface area contributed by atoms with Crippen LogP contribution in [0.4, 0.5) is 11.5 Å². The van der Waals surface area contributed by atoms with Gasteiger partial charge in [0.05, 0.1) is 22.6 Å². The van der Waals surface area contributed by atoms with E-state index in [0.717, 1.165) is 41.9 Å². The van der Waals surface area contributed by atoms with Gasteiger partial charge in [-0.1, -0.05) is 6.92 Å². The fourth-order valence-electron chi connectivity index (χ4n) is 2.87. The Balaban J connectivity index is 2.19. The van der Waals surface area contributed by atoms with Crippen molar-refractivity contribution in [2.24, 2.45) is 10.8 Å². The van der Waals surface area contributed by atoms with Crippen molar-refractivity contribution in [3.63, 3.8) is 0 Å². The van der Waals surface area contributed by atoms with Crippen LogP contribution in [-0.2, 0) is 0 Å². The number of aryl methyl sites for hydroxylation is 2. The van der Waals surface area contributed by atoms with Crippen LogP contribution in [0.15, 0.2) is 11.3 Å². The van der Waals surface area contributed by atoms with E-state index in [1.54, 1.807) is 11.3 Å². The molecule has 25 heavy (non-hydrogen) atoms. The number of hydrogen-bond acceptors (Lipinski definition) is 7. The highest BCUT2D eigenvalue weighted by Gasteiger charge is 2.31. The Hall–Kier alpha value is -2.41. The van der Waals surface area contributed by atoms with E-state index in [9.17, 15) is 0 Å². The second-order valence-corrected chi connectivity index (χ2v) is 6.62. The summed E-state index contributed by atoms with van der Waals surface area (Å²) < 4.78 is 0. The number of hydrogen-bond donors (Lipinski definition) is 1. The lowest BCUT2D eigenvalue weighted by Gasteiger charge is -2.26.